The van der Waals surface area contributed by atoms with Gasteiger partial charge in [0.15, 0.2) is 0 Å². The summed E-state index contributed by atoms with van der Waals surface area (Å²) in [5.74, 6) is -2.09. The summed E-state index contributed by atoms with van der Waals surface area (Å²) in [6, 6.07) is 7.82. The van der Waals surface area contributed by atoms with Crippen LogP contribution in [-0.2, 0) is 19.1 Å². The number of aliphatic hydroxyl groups excluding tert-OH is 1. The third-order valence-electron chi connectivity index (χ3n) is 8.17. The molecule has 2 amide bonds. The van der Waals surface area contributed by atoms with E-state index in [-0.39, 0.29) is 36.2 Å². The van der Waals surface area contributed by atoms with Crippen molar-refractivity contribution < 1.29 is 24.2 Å². The smallest absolute Gasteiger partial charge is 0.311 e. The molecular weight excluding hydrogens is 488 g/mol. The Hall–Kier alpha value is -2.58. The van der Waals surface area contributed by atoms with Crippen molar-refractivity contribution in [3.05, 3.63) is 61.2 Å². The first kappa shape index (κ1) is 27.5. The third-order valence-corrected chi connectivity index (χ3v) is 10.2. The molecule has 1 aromatic rings. The second-order valence-electron chi connectivity index (χ2n) is 10.3. The number of benzene rings is 1. The molecule has 7 nitrogen and oxygen atoms in total. The first-order chi connectivity index (χ1) is 17.9. The lowest BCUT2D eigenvalue weighted by atomic mass is 9.66. The summed E-state index contributed by atoms with van der Waals surface area (Å²) in [7, 11) is 0. The summed E-state index contributed by atoms with van der Waals surface area (Å²) >= 11 is 1.61. The van der Waals surface area contributed by atoms with E-state index in [1.54, 1.807) is 27.6 Å². The summed E-state index contributed by atoms with van der Waals surface area (Å²) in [4.78, 5) is 45.4. The number of hydrogen-bond donors (Lipinski definition) is 1. The molecule has 7 atom stereocenters. The highest BCUT2D eigenvalue weighted by Gasteiger charge is 2.77. The first-order valence-corrected chi connectivity index (χ1v) is 14.1. The van der Waals surface area contributed by atoms with Gasteiger partial charge in [0, 0.05) is 18.3 Å². The summed E-state index contributed by atoms with van der Waals surface area (Å²) < 4.78 is 4.69. The maximum atomic E-state index is 14.4. The number of nitrogens with zero attached hydrogens (tertiary/aromatic N) is 2. The number of fused-ring (bicyclic) bond motifs is 1. The second kappa shape index (κ2) is 11.4. The van der Waals surface area contributed by atoms with Crippen LogP contribution in [-0.4, -0.2) is 75.0 Å². The predicted octanol–water partition coefficient (Wildman–Crippen LogP) is 3.60. The fraction of sp³-hybridized carbons (Fsp3) is 0.552. The molecule has 3 aliphatic heterocycles. The Balaban J connectivity index is 1.84. The molecule has 3 aliphatic rings. The molecular formula is C29H38N2O5S. The molecule has 1 N–H and O–H groups in total. The van der Waals surface area contributed by atoms with Crippen molar-refractivity contribution in [3.63, 3.8) is 0 Å². The maximum absolute atomic E-state index is 14.4. The minimum Gasteiger partial charge on any atom is -0.461 e. The molecule has 0 aromatic heterocycles. The van der Waals surface area contributed by atoms with E-state index in [2.05, 4.69) is 27.0 Å². The van der Waals surface area contributed by atoms with Crippen molar-refractivity contribution in [3.8, 4) is 0 Å². The lowest BCUT2D eigenvalue weighted by Gasteiger charge is -2.42. The first-order valence-electron chi connectivity index (χ1n) is 13.2. The van der Waals surface area contributed by atoms with Crippen LogP contribution in [0.4, 0.5) is 0 Å². The number of aliphatic hydroxyl groups is 1. The monoisotopic (exact) mass is 526 g/mol. The van der Waals surface area contributed by atoms with Gasteiger partial charge in [0.05, 0.1) is 29.2 Å². The van der Waals surface area contributed by atoms with Crippen molar-refractivity contribution in [2.75, 3.05) is 26.3 Å². The van der Waals surface area contributed by atoms with Crippen LogP contribution >= 0.6 is 11.8 Å². The van der Waals surface area contributed by atoms with E-state index in [0.717, 1.165) is 24.8 Å². The molecule has 3 saturated heterocycles. The van der Waals surface area contributed by atoms with Gasteiger partial charge in [-0.25, -0.2) is 0 Å². The molecule has 1 aromatic carbocycles. The molecule has 0 aliphatic carbocycles. The van der Waals surface area contributed by atoms with Crippen molar-refractivity contribution in [2.24, 2.45) is 17.8 Å². The van der Waals surface area contributed by atoms with Crippen LogP contribution < -0.4 is 0 Å². The SMILES string of the molecule is C=CCOC(=O)[C@@H]1[C@H]2C(=O)N([C@H](CO)c3ccccc3)C(C(=O)N(CC=C)CCCC)C23S[C@@H]1CC3C. The molecule has 3 fully saturated rings. The quantitative estimate of drug-likeness (QED) is 0.331. The highest BCUT2D eigenvalue weighted by Crippen LogP contribution is 2.69. The summed E-state index contributed by atoms with van der Waals surface area (Å²) in [5.41, 5.74) is 0.759. The van der Waals surface area contributed by atoms with Crippen molar-refractivity contribution in [2.45, 2.75) is 55.2 Å². The van der Waals surface area contributed by atoms with Crippen molar-refractivity contribution in [1.29, 1.82) is 0 Å². The number of esters is 1. The van der Waals surface area contributed by atoms with Gasteiger partial charge in [0.1, 0.15) is 12.6 Å². The largest absolute Gasteiger partial charge is 0.461 e. The standard InChI is InChI=1S/C29H38N2O5S/c1-5-8-15-30(14-6-2)27(34)25-29-19(4)17-22(37-29)23(28(35)36-16-7-3)24(29)26(33)31(25)21(18-32)20-12-10-9-11-13-20/h6-7,9-13,19,21-25,32H,2-3,5,8,14-18H2,1,4H3/t19?,21-,22-,23+,24+,25?,29?/m1/s1. The predicted molar refractivity (Wildman–Crippen MR) is 145 cm³/mol. The minimum atomic E-state index is -0.804. The molecule has 1 spiro atoms. The number of rotatable bonds is 12. The molecule has 4 rings (SSSR count). The number of carbonyl (C=O) groups excluding carboxylic acids is 3. The number of hydrogen-bond acceptors (Lipinski definition) is 6. The molecule has 3 unspecified atom stereocenters. The fourth-order valence-electron chi connectivity index (χ4n) is 6.58. The zero-order chi connectivity index (χ0) is 26.7. The van der Waals surface area contributed by atoms with Gasteiger partial charge in [-0.05, 0) is 24.3 Å². The van der Waals surface area contributed by atoms with E-state index in [4.69, 9.17) is 4.74 Å². The van der Waals surface area contributed by atoms with E-state index < -0.39 is 34.6 Å². The van der Waals surface area contributed by atoms with Gasteiger partial charge in [-0.1, -0.05) is 69.3 Å². The van der Waals surface area contributed by atoms with Crippen molar-refractivity contribution >= 4 is 29.5 Å². The lowest BCUT2D eigenvalue weighted by molar-refractivity contribution is -0.154. The van der Waals surface area contributed by atoms with Crippen LogP contribution in [0.5, 0.6) is 0 Å². The van der Waals surface area contributed by atoms with Gasteiger partial charge in [-0.3, -0.25) is 14.4 Å². The summed E-state index contributed by atoms with van der Waals surface area (Å²) in [6.07, 6.45) is 5.72. The Bertz CT molecular complexity index is 1030. The number of ether oxygens (including phenoxy) is 1. The molecule has 37 heavy (non-hydrogen) atoms. The number of likely N-dealkylation sites (tertiary alicyclic amines) is 1. The van der Waals surface area contributed by atoms with Crippen LogP contribution in [0.15, 0.2) is 55.6 Å². The molecule has 3 heterocycles. The molecule has 200 valence electrons. The van der Waals surface area contributed by atoms with E-state index in [9.17, 15) is 19.5 Å². The summed E-state index contributed by atoms with van der Waals surface area (Å²) in [6.45, 7) is 12.3. The summed E-state index contributed by atoms with van der Waals surface area (Å²) in [5, 5.41) is 10.5. The van der Waals surface area contributed by atoms with E-state index in [1.165, 1.54) is 6.08 Å². The van der Waals surface area contributed by atoms with Gasteiger partial charge in [-0.2, -0.15) is 0 Å². The van der Waals surface area contributed by atoms with Crippen LogP contribution in [0, 0.1) is 17.8 Å². The fourth-order valence-corrected chi connectivity index (χ4v) is 8.97. The van der Waals surface area contributed by atoms with Crippen LogP contribution in [0.3, 0.4) is 0 Å². The average Bonchev–Trinajstić information content (AvgIpc) is 3.50. The highest BCUT2D eigenvalue weighted by molar-refractivity contribution is 8.02. The Labute approximate surface area is 223 Å². The number of carbonyl (C=O) groups is 3. The zero-order valence-electron chi connectivity index (χ0n) is 21.8. The van der Waals surface area contributed by atoms with Gasteiger partial charge < -0.3 is 19.6 Å². The number of unbranched alkanes of at least 4 members (excludes halogenated alkanes) is 1. The van der Waals surface area contributed by atoms with Crippen LogP contribution in [0.25, 0.3) is 0 Å². The normalized spacial score (nSPS) is 30.6. The van der Waals surface area contributed by atoms with E-state index >= 15 is 0 Å². The number of amides is 2. The van der Waals surface area contributed by atoms with Crippen LogP contribution in [0.2, 0.25) is 0 Å². The highest BCUT2D eigenvalue weighted by atomic mass is 32.2. The average molecular weight is 527 g/mol. The van der Waals surface area contributed by atoms with Gasteiger partial charge >= 0.3 is 5.97 Å². The molecule has 0 saturated carbocycles. The van der Waals surface area contributed by atoms with E-state index in [0.29, 0.717) is 13.1 Å². The van der Waals surface area contributed by atoms with Crippen LogP contribution in [0.1, 0.15) is 44.7 Å². The Morgan fingerprint density at radius 1 is 1.30 bits per heavy atom. The van der Waals surface area contributed by atoms with Gasteiger partial charge in [0.25, 0.3) is 0 Å². The Morgan fingerprint density at radius 3 is 2.65 bits per heavy atom. The van der Waals surface area contributed by atoms with E-state index in [1.807, 2.05) is 30.3 Å². The molecule has 0 radical (unpaired) electrons. The van der Waals surface area contributed by atoms with Gasteiger partial charge in [-0.15, -0.1) is 18.3 Å². The van der Waals surface area contributed by atoms with Gasteiger partial charge in [0.2, 0.25) is 11.8 Å². The molecule has 2 bridgehead atoms. The third kappa shape index (κ3) is 4.52. The van der Waals surface area contributed by atoms with Crippen molar-refractivity contribution in [1.82, 2.24) is 9.80 Å². The maximum Gasteiger partial charge on any atom is 0.311 e. The topological polar surface area (TPSA) is 87.1 Å². The molecule has 8 heteroatoms. The second-order valence-corrected chi connectivity index (χ2v) is 11.8. The number of thioether (sulfide) groups is 1. The Kier molecular flexibility index (Phi) is 8.49. The lowest BCUT2D eigenvalue weighted by Crippen LogP contribution is -2.58. The minimum absolute atomic E-state index is 0.0331. The zero-order valence-corrected chi connectivity index (χ0v) is 22.6. The Morgan fingerprint density at radius 2 is 2.03 bits per heavy atom.